The maximum absolute atomic E-state index is 13.1. The third-order valence-corrected chi connectivity index (χ3v) is 4.31. The zero-order valence-corrected chi connectivity index (χ0v) is 16.0. The smallest absolute Gasteiger partial charge is 0.243 e. The van der Waals surface area contributed by atoms with Crippen LogP contribution in [0.15, 0.2) is 48.5 Å². The average molecular weight is 406 g/mol. The van der Waals surface area contributed by atoms with Crippen LogP contribution < -0.4 is 16.4 Å². The van der Waals surface area contributed by atoms with Crippen LogP contribution in [0, 0.1) is 5.82 Å². The second kappa shape index (κ2) is 9.85. The van der Waals surface area contributed by atoms with E-state index in [4.69, 9.17) is 17.3 Å². The van der Waals surface area contributed by atoms with Gasteiger partial charge in [-0.25, -0.2) is 4.39 Å². The number of carbonyl (C=O) groups excluding carboxylic acids is 3. The van der Waals surface area contributed by atoms with Crippen LogP contribution in [-0.2, 0) is 27.2 Å². The molecule has 0 bridgehead atoms. The van der Waals surface area contributed by atoms with E-state index in [9.17, 15) is 18.8 Å². The number of nitrogens with two attached hydrogens (primary N) is 1. The minimum absolute atomic E-state index is 0.137. The normalized spacial score (nSPS) is 12.7. The van der Waals surface area contributed by atoms with E-state index in [1.54, 1.807) is 24.3 Å². The summed E-state index contributed by atoms with van der Waals surface area (Å²) in [5.74, 6) is -2.07. The summed E-state index contributed by atoms with van der Waals surface area (Å²) in [7, 11) is 0. The lowest BCUT2D eigenvalue weighted by atomic mass is 10.0. The molecular formula is C20H21ClFN3O3. The maximum atomic E-state index is 13.1. The monoisotopic (exact) mass is 405 g/mol. The van der Waals surface area contributed by atoms with Crippen molar-refractivity contribution < 1.29 is 18.8 Å². The molecule has 8 heteroatoms. The number of rotatable bonds is 8. The number of benzene rings is 2. The van der Waals surface area contributed by atoms with Gasteiger partial charge in [0.2, 0.25) is 17.7 Å². The summed E-state index contributed by atoms with van der Waals surface area (Å²) in [4.78, 5) is 36.0. The van der Waals surface area contributed by atoms with E-state index >= 15 is 0 Å². The van der Waals surface area contributed by atoms with Gasteiger partial charge in [-0.3, -0.25) is 14.4 Å². The molecule has 0 heterocycles. The standard InChI is InChI=1S/C20H21ClFN3O3/c1-12(26)24-18(11-14-4-8-16(22)9-5-14)20(28)25-17(19(23)27)10-13-2-6-15(21)7-3-13/h2-9,17-18H,10-11H2,1H3,(H2,23,27)(H,24,26)(H,25,28)/t17-,18-/m1/s1. The van der Waals surface area contributed by atoms with Gasteiger partial charge in [-0.1, -0.05) is 35.9 Å². The summed E-state index contributed by atoms with van der Waals surface area (Å²) in [6.07, 6.45) is 0.319. The summed E-state index contributed by atoms with van der Waals surface area (Å²) in [6.45, 7) is 1.28. The van der Waals surface area contributed by atoms with E-state index in [1.807, 2.05) is 0 Å². The van der Waals surface area contributed by atoms with Gasteiger partial charge in [0, 0.05) is 24.8 Å². The summed E-state index contributed by atoms with van der Waals surface area (Å²) in [6, 6.07) is 10.5. The van der Waals surface area contributed by atoms with E-state index in [-0.39, 0.29) is 12.8 Å². The van der Waals surface area contributed by atoms with Crippen molar-refractivity contribution in [2.24, 2.45) is 5.73 Å². The Kier molecular flexibility index (Phi) is 7.52. The summed E-state index contributed by atoms with van der Waals surface area (Å²) in [5, 5.41) is 5.67. The summed E-state index contributed by atoms with van der Waals surface area (Å²) >= 11 is 5.85. The Morgan fingerprint density at radius 3 is 1.93 bits per heavy atom. The van der Waals surface area contributed by atoms with Crippen LogP contribution in [0.3, 0.4) is 0 Å². The Morgan fingerprint density at radius 2 is 1.43 bits per heavy atom. The van der Waals surface area contributed by atoms with Gasteiger partial charge in [-0.15, -0.1) is 0 Å². The van der Waals surface area contributed by atoms with Crippen LogP contribution in [0.2, 0.25) is 5.02 Å². The molecule has 0 aliphatic heterocycles. The van der Waals surface area contributed by atoms with Crippen LogP contribution in [0.1, 0.15) is 18.1 Å². The van der Waals surface area contributed by atoms with Crippen molar-refractivity contribution >= 4 is 29.3 Å². The lowest BCUT2D eigenvalue weighted by Gasteiger charge is -2.22. The van der Waals surface area contributed by atoms with Crippen LogP contribution >= 0.6 is 11.6 Å². The molecule has 0 aromatic heterocycles. The molecule has 2 aromatic carbocycles. The van der Waals surface area contributed by atoms with Crippen LogP contribution in [-0.4, -0.2) is 29.8 Å². The SMILES string of the molecule is CC(=O)N[C@H](Cc1ccc(F)cc1)C(=O)N[C@H](Cc1ccc(Cl)cc1)C(N)=O. The molecule has 0 spiro atoms. The number of nitrogens with one attached hydrogen (secondary N) is 2. The average Bonchev–Trinajstić information content (AvgIpc) is 2.63. The topological polar surface area (TPSA) is 101 Å². The van der Waals surface area contributed by atoms with Crippen molar-refractivity contribution in [1.82, 2.24) is 10.6 Å². The number of primary amides is 1. The minimum Gasteiger partial charge on any atom is -0.368 e. The molecule has 0 unspecified atom stereocenters. The second-order valence-corrected chi connectivity index (χ2v) is 6.81. The molecule has 2 atom stereocenters. The predicted octanol–water partition coefficient (Wildman–Crippen LogP) is 1.74. The van der Waals surface area contributed by atoms with Crippen molar-refractivity contribution in [3.63, 3.8) is 0 Å². The van der Waals surface area contributed by atoms with Gasteiger partial charge < -0.3 is 16.4 Å². The van der Waals surface area contributed by atoms with Crippen LogP contribution in [0.25, 0.3) is 0 Å². The van der Waals surface area contributed by atoms with E-state index < -0.39 is 35.6 Å². The highest BCUT2D eigenvalue weighted by atomic mass is 35.5. The van der Waals surface area contributed by atoms with Gasteiger partial charge in [-0.05, 0) is 35.4 Å². The van der Waals surface area contributed by atoms with Gasteiger partial charge in [0.05, 0.1) is 0 Å². The van der Waals surface area contributed by atoms with E-state index in [2.05, 4.69) is 10.6 Å². The first-order valence-corrected chi connectivity index (χ1v) is 8.98. The van der Waals surface area contributed by atoms with Gasteiger partial charge in [0.15, 0.2) is 0 Å². The number of amides is 3. The molecular weight excluding hydrogens is 385 g/mol. The van der Waals surface area contributed by atoms with Gasteiger partial charge in [0.25, 0.3) is 0 Å². The molecule has 3 amide bonds. The molecule has 0 aliphatic carbocycles. The fraction of sp³-hybridized carbons (Fsp3) is 0.250. The molecule has 2 rings (SSSR count). The number of halogens is 2. The zero-order valence-electron chi connectivity index (χ0n) is 15.2. The van der Waals surface area contributed by atoms with Crippen molar-refractivity contribution in [1.29, 1.82) is 0 Å². The summed E-state index contributed by atoms with van der Waals surface area (Å²) in [5.41, 5.74) is 6.85. The van der Waals surface area contributed by atoms with Crippen LogP contribution in [0.4, 0.5) is 4.39 Å². The van der Waals surface area contributed by atoms with Gasteiger partial charge in [0.1, 0.15) is 17.9 Å². The fourth-order valence-corrected chi connectivity index (χ4v) is 2.79. The zero-order chi connectivity index (χ0) is 20.7. The van der Waals surface area contributed by atoms with Crippen molar-refractivity contribution in [3.8, 4) is 0 Å². The highest BCUT2D eigenvalue weighted by Gasteiger charge is 2.25. The molecule has 0 saturated heterocycles. The first-order chi connectivity index (χ1) is 13.2. The van der Waals surface area contributed by atoms with Crippen molar-refractivity contribution in [2.45, 2.75) is 31.8 Å². The lowest BCUT2D eigenvalue weighted by Crippen LogP contribution is -2.54. The minimum atomic E-state index is -0.960. The lowest BCUT2D eigenvalue weighted by molar-refractivity contribution is -0.130. The molecule has 0 saturated carbocycles. The highest BCUT2D eigenvalue weighted by Crippen LogP contribution is 2.12. The van der Waals surface area contributed by atoms with Crippen molar-refractivity contribution in [2.75, 3.05) is 0 Å². The largest absolute Gasteiger partial charge is 0.368 e. The molecule has 0 fully saturated rings. The molecule has 2 aromatic rings. The molecule has 0 aliphatic rings. The Balaban J connectivity index is 2.11. The third-order valence-electron chi connectivity index (χ3n) is 4.06. The second-order valence-electron chi connectivity index (χ2n) is 6.38. The Hall–Kier alpha value is -2.93. The fourth-order valence-electron chi connectivity index (χ4n) is 2.66. The number of carbonyl (C=O) groups is 3. The Labute approximate surface area is 167 Å². The summed E-state index contributed by atoms with van der Waals surface area (Å²) < 4.78 is 13.1. The quantitative estimate of drug-likeness (QED) is 0.623. The first kappa shape index (κ1) is 21.4. The van der Waals surface area contributed by atoms with E-state index in [0.717, 1.165) is 5.56 Å². The molecule has 148 valence electrons. The molecule has 0 radical (unpaired) electrons. The first-order valence-electron chi connectivity index (χ1n) is 8.60. The van der Waals surface area contributed by atoms with Gasteiger partial charge in [-0.2, -0.15) is 0 Å². The molecule has 6 nitrogen and oxygen atoms in total. The Bertz CT molecular complexity index is 841. The van der Waals surface area contributed by atoms with E-state index in [1.165, 1.54) is 31.2 Å². The Morgan fingerprint density at radius 1 is 0.929 bits per heavy atom. The maximum Gasteiger partial charge on any atom is 0.243 e. The van der Waals surface area contributed by atoms with Crippen LogP contribution in [0.5, 0.6) is 0 Å². The van der Waals surface area contributed by atoms with Crippen molar-refractivity contribution in [3.05, 3.63) is 70.5 Å². The molecule has 28 heavy (non-hydrogen) atoms. The third kappa shape index (κ3) is 6.66. The van der Waals surface area contributed by atoms with Gasteiger partial charge >= 0.3 is 0 Å². The number of hydrogen-bond acceptors (Lipinski definition) is 3. The molecule has 4 N–H and O–H groups in total. The van der Waals surface area contributed by atoms with E-state index in [0.29, 0.717) is 10.6 Å². The highest BCUT2D eigenvalue weighted by molar-refractivity contribution is 6.30. The number of hydrogen-bond donors (Lipinski definition) is 3. The predicted molar refractivity (Wildman–Crippen MR) is 104 cm³/mol.